The number of carbonyl (C=O) groups excluding carboxylic acids is 1. The molecular weight excluding hydrogens is 368 g/mol. The molecule has 144 valence electrons. The number of carbonyl (C=O) groups is 1. The molecule has 0 saturated heterocycles. The molecule has 0 N–H and O–H groups in total. The third-order valence-electron chi connectivity index (χ3n) is 6.32. The quantitative estimate of drug-likeness (QED) is 0.595. The third-order valence-corrected chi connectivity index (χ3v) is 7.51. The fourth-order valence-corrected chi connectivity index (χ4v) is 5.97. The van der Waals surface area contributed by atoms with Crippen LogP contribution in [0.15, 0.2) is 35.4 Å². The summed E-state index contributed by atoms with van der Waals surface area (Å²) < 4.78 is 1.48. The average Bonchev–Trinajstić information content (AvgIpc) is 3.32. The van der Waals surface area contributed by atoms with Crippen LogP contribution in [0.1, 0.15) is 70.8 Å². The number of fused-ring (bicyclic) bond motifs is 3. The molecule has 5 heteroatoms. The van der Waals surface area contributed by atoms with Crippen LogP contribution in [-0.2, 0) is 19.4 Å². The predicted molar refractivity (Wildman–Crippen MR) is 113 cm³/mol. The molecule has 3 aromatic rings. The van der Waals surface area contributed by atoms with E-state index < -0.39 is 0 Å². The molecule has 2 heterocycles. The number of aryl methyl sites for hydroxylation is 2. The number of Topliss-reactive ketones (excluding diaryl/α,β-unsaturated/α-hetero) is 1. The number of rotatable bonds is 4. The second-order valence-electron chi connectivity index (χ2n) is 8.10. The van der Waals surface area contributed by atoms with Crippen LogP contribution < -0.4 is 5.56 Å². The first-order valence-corrected chi connectivity index (χ1v) is 11.2. The van der Waals surface area contributed by atoms with E-state index in [4.69, 9.17) is 0 Å². The van der Waals surface area contributed by atoms with Crippen LogP contribution in [0.25, 0.3) is 10.2 Å². The Bertz CT molecular complexity index is 1090. The fourth-order valence-electron chi connectivity index (χ4n) is 4.76. The molecule has 1 saturated carbocycles. The van der Waals surface area contributed by atoms with Crippen LogP contribution in [0, 0.1) is 0 Å². The van der Waals surface area contributed by atoms with E-state index in [1.54, 1.807) is 11.3 Å². The van der Waals surface area contributed by atoms with Gasteiger partial charge in [-0.2, -0.15) is 0 Å². The van der Waals surface area contributed by atoms with Gasteiger partial charge in [-0.15, -0.1) is 11.3 Å². The molecule has 0 amide bonds. The summed E-state index contributed by atoms with van der Waals surface area (Å²) in [6.07, 6.45) is 11.1. The molecule has 0 unspecified atom stereocenters. The normalized spacial score (nSPS) is 17.1. The van der Waals surface area contributed by atoms with Gasteiger partial charge >= 0.3 is 0 Å². The Kier molecular flexibility index (Phi) is 4.63. The minimum Gasteiger partial charge on any atom is -0.292 e. The van der Waals surface area contributed by atoms with Crippen molar-refractivity contribution >= 4 is 27.3 Å². The fraction of sp³-hybridized carbons (Fsp3) is 0.435. The van der Waals surface area contributed by atoms with Gasteiger partial charge in [-0.3, -0.25) is 14.2 Å². The average molecular weight is 393 g/mol. The Hall–Kier alpha value is -2.27. The maximum Gasteiger partial charge on any atom is 0.262 e. The summed E-state index contributed by atoms with van der Waals surface area (Å²) in [6.45, 7) is 0.0508. The van der Waals surface area contributed by atoms with Crippen LogP contribution in [0.5, 0.6) is 0 Å². The summed E-state index contributed by atoms with van der Waals surface area (Å²) in [5, 5.41) is 0.737. The Morgan fingerprint density at radius 3 is 2.64 bits per heavy atom. The van der Waals surface area contributed by atoms with Gasteiger partial charge in [-0.05, 0) is 49.1 Å². The van der Waals surface area contributed by atoms with E-state index in [2.05, 4.69) is 17.1 Å². The number of thiophene rings is 1. The van der Waals surface area contributed by atoms with Gasteiger partial charge in [-0.25, -0.2) is 4.98 Å². The van der Waals surface area contributed by atoms with E-state index in [0.29, 0.717) is 11.5 Å². The molecule has 0 radical (unpaired) electrons. The van der Waals surface area contributed by atoms with Crippen molar-refractivity contribution in [3.63, 3.8) is 0 Å². The van der Waals surface area contributed by atoms with E-state index in [0.717, 1.165) is 35.0 Å². The Labute approximate surface area is 168 Å². The molecule has 0 atom stereocenters. The van der Waals surface area contributed by atoms with Crippen LogP contribution in [0.4, 0.5) is 0 Å². The van der Waals surface area contributed by atoms with E-state index in [1.165, 1.54) is 53.4 Å². The summed E-state index contributed by atoms with van der Waals surface area (Å²) in [6, 6.07) is 8.04. The summed E-state index contributed by atoms with van der Waals surface area (Å²) in [5.41, 5.74) is 3.10. The van der Waals surface area contributed by atoms with Crippen LogP contribution in [-0.4, -0.2) is 15.3 Å². The van der Waals surface area contributed by atoms with Crippen LogP contribution in [0.2, 0.25) is 0 Å². The summed E-state index contributed by atoms with van der Waals surface area (Å²) in [5.74, 6) is 0.595. The van der Waals surface area contributed by atoms with Crippen molar-refractivity contribution in [2.45, 2.75) is 63.8 Å². The monoisotopic (exact) mass is 392 g/mol. The number of hydrogen-bond donors (Lipinski definition) is 0. The lowest BCUT2D eigenvalue weighted by Crippen LogP contribution is -2.24. The first-order valence-electron chi connectivity index (χ1n) is 10.3. The van der Waals surface area contributed by atoms with Gasteiger partial charge < -0.3 is 0 Å². The first kappa shape index (κ1) is 17.8. The number of benzene rings is 1. The summed E-state index contributed by atoms with van der Waals surface area (Å²) >= 11 is 1.63. The van der Waals surface area contributed by atoms with E-state index >= 15 is 0 Å². The summed E-state index contributed by atoms with van der Waals surface area (Å²) in [7, 11) is 0. The lowest BCUT2D eigenvalue weighted by Gasteiger charge is -2.22. The minimum absolute atomic E-state index is 0.0367. The smallest absolute Gasteiger partial charge is 0.262 e. The largest absolute Gasteiger partial charge is 0.292 e. The van der Waals surface area contributed by atoms with Crippen molar-refractivity contribution in [1.29, 1.82) is 0 Å². The molecule has 1 fully saturated rings. The standard InChI is InChI=1S/C23H24N2O2S/c26-19(17-11-9-16(10-12-17)15-5-2-1-3-6-15)13-25-14-24-22-21(23(25)27)18-7-4-8-20(18)28-22/h9-12,14-15H,1-8,13H2. The maximum atomic E-state index is 13.0. The van der Waals surface area contributed by atoms with Crippen molar-refractivity contribution in [1.82, 2.24) is 9.55 Å². The molecule has 2 aromatic heterocycles. The van der Waals surface area contributed by atoms with Gasteiger partial charge in [0.05, 0.1) is 18.3 Å². The van der Waals surface area contributed by atoms with Crippen molar-refractivity contribution < 1.29 is 4.79 Å². The molecule has 4 nitrogen and oxygen atoms in total. The highest BCUT2D eigenvalue weighted by Crippen LogP contribution is 2.34. The minimum atomic E-state index is -0.0726. The Balaban J connectivity index is 1.38. The van der Waals surface area contributed by atoms with Crippen LogP contribution in [0.3, 0.4) is 0 Å². The van der Waals surface area contributed by atoms with Gasteiger partial charge in [0, 0.05) is 10.4 Å². The molecule has 5 rings (SSSR count). The van der Waals surface area contributed by atoms with Gasteiger partial charge in [0.15, 0.2) is 5.78 Å². The molecular formula is C23H24N2O2S. The van der Waals surface area contributed by atoms with Crippen LogP contribution >= 0.6 is 11.3 Å². The topological polar surface area (TPSA) is 52.0 Å². The van der Waals surface area contributed by atoms with Crippen molar-refractivity contribution in [3.8, 4) is 0 Å². The Morgan fingerprint density at radius 2 is 1.86 bits per heavy atom. The second-order valence-corrected chi connectivity index (χ2v) is 9.18. The molecule has 0 bridgehead atoms. The van der Waals surface area contributed by atoms with E-state index in [-0.39, 0.29) is 17.9 Å². The lowest BCUT2D eigenvalue weighted by atomic mass is 9.84. The first-order chi connectivity index (χ1) is 13.7. The van der Waals surface area contributed by atoms with Gasteiger partial charge in [0.25, 0.3) is 5.56 Å². The zero-order chi connectivity index (χ0) is 19.1. The number of nitrogens with zero attached hydrogens (tertiary/aromatic N) is 2. The summed E-state index contributed by atoms with van der Waals surface area (Å²) in [4.78, 5) is 32.3. The number of ketones is 1. The molecule has 2 aliphatic carbocycles. The lowest BCUT2D eigenvalue weighted by molar-refractivity contribution is 0.0970. The highest BCUT2D eigenvalue weighted by Gasteiger charge is 2.22. The maximum absolute atomic E-state index is 13.0. The molecule has 28 heavy (non-hydrogen) atoms. The van der Waals surface area contributed by atoms with Gasteiger partial charge in [-0.1, -0.05) is 43.5 Å². The molecule has 0 aliphatic heterocycles. The predicted octanol–water partition coefficient (Wildman–Crippen LogP) is 4.88. The van der Waals surface area contributed by atoms with Crippen molar-refractivity contribution in [2.24, 2.45) is 0 Å². The zero-order valence-electron chi connectivity index (χ0n) is 15.9. The van der Waals surface area contributed by atoms with Crippen molar-refractivity contribution in [3.05, 3.63) is 62.5 Å². The van der Waals surface area contributed by atoms with Gasteiger partial charge in [0.1, 0.15) is 4.83 Å². The second kappa shape index (κ2) is 7.28. The molecule has 2 aliphatic rings. The highest BCUT2D eigenvalue weighted by atomic mass is 32.1. The highest BCUT2D eigenvalue weighted by molar-refractivity contribution is 7.18. The Morgan fingerprint density at radius 1 is 1.07 bits per heavy atom. The number of aromatic nitrogens is 2. The van der Waals surface area contributed by atoms with E-state index in [1.807, 2.05) is 12.1 Å². The SMILES string of the molecule is O=C(Cn1cnc2sc3c(c2c1=O)CCC3)c1ccc(C2CCCCC2)cc1. The molecule has 1 aromatic carbocycles. The number of hydrogen-bond acceptors (Lipinski definition) is 4. The van der Waals surface area contributed by atoms with Crippen molar-refractivity contribution in [2.75, 3.05) is 0 Å². The van der Waals surface area contributed by atoms with Gasteiger partial charge in [0.2, 0.25) is 0 Å². The zero-order valence-corrected chi connectivity index (χ0v) is 16.8. The third kappa shape index (κ3) is 3.12. The van der Waals surface area contributed by atoms with E-state index in [9.17, 15) is 9.59 Å². The molecule has 0 spiro atoms.